The van der Waals surface area contributed by atoms with Crippen LogP contribution in [0.25, 0.3) is 16.8 Å². The van der Waals surface area contributed by atoms with E-state index in [-0.39, 0.29) is 0 Å². The number of hydrogen-bond donors (Lipinski definition) is 0. The van der Waals surface area contributed by atoms with Crippen molar-refractivity contribution in [2.75, 3.05) is 0 Å². The Morgan fingerprint density at radius 3 is 2.72 bits per heavy atom. The van der Waals surface area contributed by atoms with Crippen LogP contribution in [-0.2, 0) is 0 Å². The maximum atomic E-state index is 11.6. The summed E-state index contributed by atoms with van der Waals surface area (Å²) in [5.41, 5.74) is 1.43. The van der Waals surface area contributed by atoms with Crippen LogP contribution in [0.2, 0.25) is 0 Å². The topological polar surface area (TPSA) is 40.9 Å². The van der Waals surface area contributed by atoms with Crippen LogP contribution in [-0.4, -0.2) is 5.24 Å². The monoisotopic (exact) mass is 255 g/mol. The SMILES string of the molecule is CC=Cc1c(C#N)cc2ccccc2c1C(=O)Cl. The molecule has 0 aliphatic carbocycles. The molecule has 0 spiro atoms. The second-order valence-electron chi connectivity index (χ2n) is 3.82. The second kappa shape index (κ2) is 5.03. The minimum atomic E-state index is -0.545. The number of nitriles is 1. The number of fused-ring (bicyclic) bond motifs is 1. The van der Waals surface area contributed by atoms with Gasteiger partial charge in [-0.2, -0.15) is 5.26 Å². The van der Waals surface area contributed by atoms with Gasteiger partial charge >= 0.3 is 0 Å². The van der Waals surface area contributed by atoms with E-state index in [4.69, 9.17) is 11.6 Å². The van der Waals surface area contributed by atoms with Gasteiger partial charge in [-0.25, -0.2) is 0 Å². The summed E-state index contributed by atoms with van der Waals surface area (Å²) >= 11 is 5.67. The van der Waals surface area contributed by atoms with Gasteiger partial charge in [-0.15, -0.1) is 0 Å². The van der Waals surface area contributed by atoms with Crippen molar-refractivity contribution in [3.63, 3.8) is 0 Å². The predicted octanol–water partition coefficient (Wildman–Crippen LogP) is 4.12. The van der Waals surface area contributed by atoms with E-state index in [0.717, 1.165) is 10.8 Å². The maximum absolute atomic E-state index is 11.6. The average molecular weight is 256 g/mol. The lowest BCUT2D eigenvalue weighted by atomic mass is 9.95. The standard InChI is InChI=1S/C15H10ClNO/c1-2-5-12-11(9-17)8-10-6-3-4-7-13(10)14(12)15(16)18/h2-8H,1H3. The largest absolute Gasteiger partial charge is 0.276 e. The third-order valence-corrected chi connectivity index (χ3v) is 2.93. The third kappa shape index (κ3) is 2.01. The Morgan fingerprint density at radius 1 is 1.39 bits per heavy atom. The quantitative estimate of drug-likeness (QED) is 0.757. The number of halogens is 1. The lowest BCUT2D eigenvalue weighted by Crippen LogP contribution is -1.98. The fourth-order valence-electron chi connectivity index (χ4n) is 2.01. The van der Waals surface area contributed by atoms with Gasteiger partial charge in [0, 0.05) is 5.56 Å². The van der Waals surface area contributed by atoms with Gasteiger partial charge in [-0.05, 0) is 35.4 Å². The molecule has 0 aliphatic rings. The van der Waals surface area contributed by atoms with Crippen LogP contribution in [0.3, 0.4) is 0 Å². The van der Waals surface area contributed by atoms with Crippen LogP contribution in [0.15, 0.2) is 36.4 Å². The zero-order chi connectivity index (χ0) is 13.1. The molecule has 18 heavy (non-hydrogen) atoms. The number of rotatable bonds is 2. The fourth-order valence-corrected chi connectivity index (χ4v) is 2.21. The molecule has 0 atom stereocenters. The lowest BCUT2D eigenvalue weighted by molar-refractivity contribution is 0.108. The molecule has 0 saturated carbocycles. The Morgan fingerprint density at radius 2 is 2.11 bits per heavy atom. The molecule has 3 heteroatoms. The summed E-state index contributed by atoms with van der Waals surface area (Å²) in [6, 6.07) is 11.3. The van der Waals surface area contributed by atoms with Crippen LogP contribution in [0, 0.1) is 11.3 Å². The molecule has 2 rings (SSSR count). The van der Waals surface area contributed by atoms with E-state index in [1.165, 1.54) is 0 Å². The highest BCUT2D eigenvalue weighted by atomic mass is 35.5. The highest BCUT2D eigenvalue weighted by molar-refractivity contribution is 6.69. The average Bonchev–Trinajstić information content (AvgIpc) is 2.37. The summed E-state index contributed by atoms with van der Waals surface area (Å²) < 4.78 is 0. The highest BCUT2D eigenvalue weighted by Gasteiger charge is 2.15. The van der Waals surface area contributed by atoms with E-state index >= 15 is 0 Å². The lowest BCUT2D eigenvalue weighted by Gasteiger charge is -2.09. The molecule has 0 heterocycles. The number of allylic oxidation sites excluding steroid dienone is 1. The van der Waals surface area contributed by atoms with Crippen LogP contribution < -0.4 is 0 Å². The normalized spacial score (nSPS) is 10.7. The Kier molecular flexibility index (Phi) is 3.45. The number of benzene rings is 2. The molecule has 0 aromatic heterocycles. The highest BCUT2D eigenvalue weighted by Crippen LogP contribution is 2.28. The molecule has 0 unspecified atom stereocenters. The van der Waals surface area contributed by atoms with Gasteiger partial charge in [0.05, 0.1) is 17.2 Å². The minimum Gasteiger partial charge on any atom is -0.276 e. The van der Waals surface area contributed by atoms with E-state index in [1.807, 2.05) is 31.2 Å². The molecule has 0 radical (unpaired) electrons. The van der Waals surface area contributed by atoms with Crippen molar-refractivity contribution >= 4 is 33.7 Å². The molecule has 2 aromatic rings. The Bertz CT molecular complexity index is 695. The first kappa shape index (κ1) is 12.3. The summed E-state index contributed by atoms with van der Waals surface area (Å²) in [7, 11) is 0. The van der Waals surface area contributed by atoms with Crippen molar-refractivity contribution in [1.29, 1.82) is 5.26 Å². The molecule has 0 amide bonds. The predicted molar refractivity (Wildman–Crippen MR) is 73.6 cm³/mol. The molecular weight excluding hydrogens is 246 g/mol. The number of hydrogen-bond acceptors (Lipinski definition) is 2. The van der Waals surface area contributed by atoms with Crippen molar-refractivity contribution in [3.05, 3.63) is 53.1 Å². The van der Waals surface area contributed by atoms with Crippen LogP contribution in [0.4, 0.5) is 0 Å². The molecular formula is C15H10ClNO. The van der Waals surface area contributed by atoms with Gasteiger partial charge in [0.25, 0.3) is 5.24 Å². The first-order valence-corrected chi connectivity index (χ1v) is 5.85. The van der Waals surface area contributed by atoms with Gasteiger partial charge < -0.3 is 0 Å². The molecule has 0 bridgehead atoms. The fraction of sp³-hybridized carbons (Fsp3) is 0.0667. The Balaban J connectivity index is 2.99. The smallest absolute Gasteiger partial charge is 0.253 e. The van der Waals surface area contributed by atoms with Gasteiger partial charge in [0.2, 0.25) is 0 Å². The second-order valence-corrected chi connectivity index (χ2v) is 4.16. The zero-order valence-electron chi connectivity index (χ0n) is 9.77. The van der Waals surface area contributed by atoms with Crippen molar-refractivity contribution in [1.82, 2.24) is 0 Å². The molecule has 0 N–H and O–H groups in total. The van der Waals surface area contributed by atoms with E-state index in [1.54, 1.807) is 18.2 Å². The molecule has 88 valence electrons. The Hall–Kier alpha value is -2.11. The number of carbonyl (C=O) groups excluding carboxylic acids is 1. The number of nitrogens with zero attached hydrogens (tertiary/aromatic N) is 1. The number of carbonyl (C=O) groups is 1. The van der Waals surface area contributed by atoms with Crippen molar-refractivity contribution in [2.24, 2.45) is 0 Å². The third-order valence-electron chi connectivity index (χ3n) is 2.74. The summed E-state index contributed by atoms with van der Waals surface area (Å²) in [4.78, 5) is 11.6. The van der Waals surface area contributed by atoms with E-state index in [9.17, 15) is 10.1 Å². The molecule has 2 nitrogen and oxygen atoms in total. The van der Waals surface area contributed by atoms with Gasteiger partial charge in [0.1, 0.15) is 0 Å². The first-order valence-electron chi connectivity index (χ1n) is 5.47. The molecule has 0 saturated heterocycles. The molecule has 0 aliphatic heterocycles. The first-order chi connectivity index (χ1) is 8.69. The summed E-state index contributed by atoms with van der Waals surface area (Å²) in [6.07, 6.45) is 3.52. The van der Waals surface area contributed by atoms with Gasteiger partial charge in [-0.1, -0.05) is 36.4 Å². The molecule has 2 aromatic carbocycles. The van der Waals surface area contributed by atoms with Gasteiger partial charge in [-0.3, -0.25) is 4.79 Å². The van der Waals surface area contributed by atoms with E-state index < -0.39 is 5.24 Å². The van der Waals surface area contributed by atoms with E-state index in [0.29, 0.717) is 16.7 Å². The van der Waals surface area contributed by atoms with Crippen molar-refractivity contribution in [2.45, 2.75) is 6.92 Å². The zero-order valence-corrected chi connectivity index (χ0v) is 10.5. The molecule has 0 fully saturated rings. The van der Waals surface area contributed by atoms with Crippen LogP contribution in [0.5, 0.6) is 0 Å². The van der Waals surface area contributed by atoms with Gasteiger partial charge in [0.15, 0.2) is 0 Å². The van der Waals surface area contributed by atoms with E-state index in [2.05, 4.69) is 6.07 Å². The van der Waals surface area contributed by atoms with Crippen molar-refractivity contribution < 1.29 is 4.79 Å². The van der Waals surface area contributed by atoms with Crippen LogP contribution >= 0.6 is 11.6 Å². The van der Waals surface area contributed by atoms with Crippen molar-refractivity contribution in [3.8, 4) is 6.07 Å². The Labute approximate surface area is 110 Å². The summed E-state index contributed by atoms with van der Waals surface area (Å²) in [5.74, 6) is 0. The summed E-state index contributed by atoms with van der Waals surface area (Å²) in [5, 5.41) is 10.2. The maximum Gasteiger partial charge on any atom is 0.253 e. The summed E-state index contributed by atoms with van der Waals surface area (Å²) in [6.45, 7) is 1.83. The minimum absolute atomic E-state index is 0.393. The van der Waals surface area contributed by atoms with Crippen LogP contribution in [0.1, 0.15) is 28.4 Å².